The molecule has 1 aromatic rings. The highest BCUT2D eigenvalue weighted by Gasteiger charge is 2.11. The molecule has 0 saturated carbocycles. The minimum Gasteiger partial charge on any atom is -0.313 e. The van der Waals surface area contributed by atoms with Gasteiger partial charge in [-0.1, -0.05) is 23.7 Å². The molecule has 0 bridgehead atoms. The van der Waals surface area contributed by atoms with E-state index in [1.54, 1.807) is 0 Å². The Balaban J connectivity index is 2.80. The van der Waals surface area contributed by atoms with Crippen molar-refractivity contribution < 1.29 is 0 Å². The van der Waals surface area contributed by atoms with Gasteiger partial charge in [-0.15, -0.1) is 11.8 Å². The fourth-order valence-corrected chi connectivity index (χ4v) is 2.08. The molecule has 0 spiro atoms. The number of hydrogen-bond acceptors (Lipinski definition) is 1. The van der Waals surface area contributed by atoms with Crippen LogP contribution in [0.3, 0.4) is 0 Å². The van der Waals surface area contributed by atoms with Crippen molar-refractivity contribution in [3.63, 3.8) is 0 Å². The van der Waals surface area contributed by atoms with Crippen molar-refractivity contribution in [2.24, 2.45) is 0 Å². The van der Waals surface area contributed by atoms with Crippen LogP contribution in [0.5, 0.6) is 0 Å². The van der Waals surface area contributed by atoms with Gasteiger partial charge in [-0.2, -0.15) is 0 Å². The van der Waals surface area contributed by atoms with Crippen molar-refractivity contribution in [1.29, 1.82) is 0 Å². The van der Waals surface area contributed by atoms with Crippen molar-refractivity contribution >= 4 is 11.6 Å². The minimum atomic E-state index is 0.286. The third-order valence-electron chi connectivity index (χ3n) is 2.61. The second kappa shape index (κ2) is 6.58. The summed E-state index contributed by atoms with van der Waals surface area (Å²) in [6.07, 6.45) is 1.88. The molecule has 1 rings (SSSR count). The molecular weight excluding hydrogens is 218 g/mol. The first-order valence-electron chi connectivity index (χ1n) is 5.52. The Morgan fingerprint density at radius 2 is 2.19 bits per heavy atom. The van der Waals surface area contributed by atoms with Crippen LogP contribution in [0, 0.1) is 18.8 Å². The third-order valence-corrected chi connectivity index (χ3v) is 2.94. The first-order chi connectivity index (χ1) is 7.69. The van der Waals surface area contributed by atoms with Crippen LogP contribution in [-0.4, -0.2) is 7.05 Å². The standard InChI is InChI=1S/C14H18ClN/c1-4-5-6-7-14(16-3)12-9-8-11(2)10-13(12)15/h8-10,14,16H,6-7H2,1-3H3. The molecule has 0 aliphatic heterocycles. The van der Waals surface area contributed by atoms with Gasteiger partial charge in [0.25, 0.3) is 0 Å². The smallest absolute Gasteiger partial charge is 0.0456 e. The number of halogens is 1. The van der Waals surface area contributed by atoms with Gasteiger partial charge in [0.15, 0.2) is 0 Å². The molecule has 16 heavy (non-hydrogen) atoms. The Bertz CT molecular complexity index is 401. The molecule has 0 fully saturated rings. The quantitative estimate of drug-likeness (QED) is 0.785. The first kappa shape index (κ1) is 13.1. The van der Waals surface area contributed by atoms with E-state index in [9.17, 15) is 0 Å². The van der Waals surface area contributed by atoms with Gasteiger partial charge in [-0.05, 0) is 44.5 Å². The van der Waals surface area contributed by atoms with Gasteiger partial charge in [0, 0.05) is 17.5 Å². The number of hydrogen-bond donors (Lipinski definition) is 1. The summed E-state index contributed by atoms with van der Waals surface area (Å²) in [5, 5.41) is 4.12. The van der Waals surface area contributed by atoms with E-state index in [0.29, 0.717) is 0 Å². The Morgan fingerprint density at radius 1 is 1.44 bits per heavy atom. The lowest BCUT2D eigenvalue weighted by Gasteiger charge is -2.17. The van der Waals surface area contributed by atoms with Crippen molar-refractivity contribution in [3.8, 4) is 11.8 Å². The molecule has 0 aromatic heterocycles. The molecule has 1 aromatic carbocycles. The molecule has 1 N–H and O–H groups in total. The second-order valence-corrected chi connectivity index (χ2v) is 4.24. The highest BCUT2D eigenvalue weighted by molar-refractivity contribution is 6.31. The second-order valence-electron chi connectivity index (χ2n) is 3.83. The number of aryl methyl sites for hydroxylation is 1. The van der Waals surface area contributed by atoms with E-state index in [-0.39, 0.29) is 6.04 Å². The maximum Gasteiger partial charge on any atom is 0.0456 e. The van der Waals surface area contributed by atoms with E-state index in [0.717, 1.165) is 23.4 Å². The minimum absolute atomic E-state index is 0.286. The van der Waals surface area contributed by atoms with Gasteiger partial charge in [-0.3, -0.25) is 0 Å². The molecule has 0 amide bonds. The van der Waals surface area contributed by atoms with E-state index in [4.69, 9.17) is 11.6 Å². The molecular formula is C14H18ClN. The summed E-state index contributed by atoms with van der Waals surface area (Å²) in [6, 6.07) is 6.48. The lowest BCUT2D eigenvalue weighted by atomic mass is 10.0. The number of rotatable bonds is 4. The van der Waals surface area contributed by atoms with E-state index in [1.165, 1.54) is 5.56 Å². The molecule has 0 aliphatic carbocycles. The van der Waals surface area contributed by atoms with Crippen LogP contribution in [0.15, 0.2) is 18.2 Å². The molecule has 1 nitrogen and oxygen atoms in total. The fourth-order valence-electron chi connectivity index (χ4n) is 1.71. The molecule has 86 valence electrons. The van der Waals surface area contributed by atoms with Gasteiger partial charge >= 0.3 is 0 Å². The van der Waals surface area contributed by atoms with Crippen molar-refractivity contribution in [1.82, 2.24) is 5.32 Å². The molecule has 0 aliphatic rings. The van der Waals surface area contributed by atoms with Gasteiger partial charge in [0.1, 0.15) is 0 Å². The Morgan fingerprint density at radius 3 is 2.75 bits per heavy atom. The number of nitrogens with one attached hydrogen (secondary N) is 1. The van der Waals surface area contributed by atoms with Crippen LogP contribution in [0.4, 0.5) is 0 Å². The zero-order chi connectivity index (χ0) is 12.0. The predicted octanol–water partition coefficient (Wildman–Crippen LogP) is 3.71. The maximum atomic E-state index is 6.24. The molecule has 1 atom stereocenters. The van der Waals surface area contributed by atoms with Crippen LogP contribution in [0.2, 0.25) is 5.02 Å². The topological polar surface area (TPSA) is 12.0 Å². The largest absolute Gasteiger partial charge is 0.313 e. The van der Waals surface area contributed by atoms with E-state index in [2.05, 4.69) is 29.3 Å². The molecule has 0 heterocycles. The normalized spacial score (nSPS) is 11.8. The Hall–Kier alpha value is -0.970. The number of benzene rings is 1. The van der Waals surface area contributed by atoms with Gasteiger partial charge in [-0.25, -0.2) is 0 Å². The average molecular weight is 236 g/mol. The maximum absolute atomic E-state index is 6.24. The van der Waals surface area contributed by atoms with E-state index in [1.807, 2.05) is 27.0 Å². The first-order valence-corrected chi connectivity index (χ1v) is 5.89. The van der Waals surface area contributed by atoms with Crippen molar-refractivity contribution in [2.45, 2.75) is 32.7 Å². The third kappa shape index (κ3) is 3.56. The fraction of sp³-hybridized carbons (Fsp3) is 0.429. The highest BCUT2D eigenvalue weighted by Crippen LogP contribution is 2.26. The zero-order valence-corrected chi connectivity index (χ0v) is 10.9. The van der Waals surface area contributed by atoms with Crippen LogP contribution >= 0.6 is 11.6 Å². The highest BCUT2D eigenvalue weighted by atomic mass is 35.5. The lowest BCUT2D eigenvalue weighted by molar-refractivity contribution is 0.558. The van der Waals surface area contributed by atoms with Crippen LogP contribution in [-0.2, 0) is 0 Å². The summed E-state index contributed by atoms with van der Waals surface area (Å²) >= 11 is 6.24. The van der Waals surface area contributed by atoms with E-state index < -0.39 is 0 Å². The zero-order valence-electron chi connectivity index (χ0n) is 10.1. The molecule has 1 unspecified atom stereocenters. The summed E-state index contributed by atoms with van der Waals surface area (Å²) < 4.78 is 0. The lowest BCUT2D eigenvalue weighted by Crippen LogP contribution is -2.16. The predicted molar refractivity (Wildman–Crippen MR) is 70.7 cm³/mol. The monoisotopic (exact) mass is 235 g/mol. The van der Waals surface area contributed by atoms with Crippen molar-refractivity contribution in [3.05, 3.63) is 34.3 Å². The Kier molecular flexibility index (Phi) is 5.38. The average Bonchev–Trinajstić information content (AvgIpc) is 2.26. The van der Waals surface area contributed by atoms with Gasteiger partial charge in [0.05, 0.1) is 0 Å². The molecule has 0 saturated heterocycles. The van der Waals surface area contributed by atoms with Crippen LogP contribution in [0.25, 0.3) is 0 Å². The summed E-state index contributed by atoms with van der Waals surface area (Å²) in [6.45, 7) is 3.92. The summed E-state index contributed by atoms with van der Waals surface area (Å²) in [5.74, 6) is 5.99. The molecule has 0 radical (unpaired) electrons. The summed E-state index contributed by atoms with van der Waals surface area (Å²) in [4.78, 5) is 0. The van der Waals surface area contributed by atoms with Crippen molar-refractivity contribution in [2.75, 3.05) is 7.05 Å². The summed E-state index contributed by atoms with van der Waals surface area (Å²) in [7, 11) is 1.96. The summed E-state index contributed by atoms with van der Waals surface area (Å²) in [5.41, 5.74) is 2.35. The Labute approximate surface area is 103 Å². The SMILES string of the molecule is CC#CCCC(NC)c1ccc(C)cc1Cl. The van der Waals surface area contributed by atoms with E-state index >= 15 is 0 Å². The van der Waals surface area contributed by atoms with Crippen LogP contribution < -0.4 is 5.32 Å². The van der Waals surface area contributed by atoms with Gasteiger partial charge in [0.2, 0.25) is 0 Å². The van der Waals surface area contributed by atoms with Gasteiger partial charge < -0.3 is 5.32 Å². The molecule has 2 heteroatoms. The van der Waals surface area contributed by atoms with Crippen LogP contribution in [0.1, 0.15) is 36.9 Å².